The molecule has 2 N–H and O–H groups in total. The lowest BCUT2D eigenvalue weighted by Crippen LogP contribution is -2.24. The molecule has 0 saturated heterocycles. The quantitative estimate of drug-likeness (QED) is 0.710. The number of fused-ring (bicyclic) bond motifs is 1. The van der Waals surface area contributed by atoms with Crippen LogP contribution in [-0.2, 0) is 15.6 Å². The number of rotatable bonds is 6. The largest absolute Gasteiger partial charge is 0.493 e. The second-order valence-corrected chi connectivity index (χ2v) is 8.84. The highest BCUT2D eigenvalue weighted by Gasteiger charge is 2.28. The van der Waals surface area contributed by atoms with E-state index in [9.17, 15) is 13.5 Å². The van der Waals surface area contributed by atoms with Gasteiger partial charge in [0.1, 0.15) is 17.4 Å². The Labute approximate surface area is 163 Å². The molecule has 1 aromatic carbocycles. The summed E-state index contributed by atoms with van der Waals surface area (Å²) in [5.74, 6) is 1.53. The molecule has 0 amide bonds. The summed E-state index contributed by atoms with van der Waals surface area (Å²) >= 11 is 0. The van der Waals surface area contributed by atoms with Crippen molar-refractivity contribution in [2.24, 2.45) is 4.99 Å². The number of halogens is 1. The second-order valence-electron chi connectivity index (χ2n) is 6.27. The summed E-state index contributed by atoms with van der Waals surface area (Å²) in [7, 11) is 1.58. The van der Waals surface area contributed by atoms with Crippen LogP contribution in [-0.4, -0.2) is 30.5 Å². The summed E-state index contributed by atoms with van der Waals surface area (Å²) < 4.78 is 31.1. The normalized spacial score (nSPS) is 16.5. The van der Waals surface area contributed by atoms with Crippen molar-refractivity contribution in [2.75, 3.05) is 11.9 Å². The number of hydrogen-bond acceptors (Lipinski definition) is 6. The number of nitrogens with zero attached hydrogens (tertiary/aromatic N) is 2. The number of ether oxygens (including phenoxy) is 1. The number of aryl methyl sites for hydroxylation is 2. The Hall–Kier alpha value is -2.03. The Morgan fingerprint density at radius 2 is 2.11 bits per heavy atom. The molecule has 1 aromatic heterocycles. The molecule has 1 aliphatic rings. The van der Waals surface area contributed by atoms with Crippen molar-refractivity contribution in [3.63, 3.8) is 0 Å². The molecule has 27 heavy (non-hydrogen) atoms. The molecule has 1 aliphatic heterocycles. The first-order valence-electron chi connectivity index (χ1n) is 8.70. The summed E-state index contributed by atoms with van der Waals surface area (Å²) in [4.78, 5) is 4.26. The summed E-state index contributed by atoms with van der Waals surface area (Å²) in [5, 5.41) is 13.8. The van der Waals surface area contributed by atoms with E-state index in [0.29, 0.717) is 29.3 Å². The van der Waals surface area contributed by atoms with Gasteiger partial charge < -0.3 is 19.7 Å². The van der Waals surface area contributed by atoms with Gasteiger partial charge in [0.15, 0.2) is 6.23 Å². The van der Waals surface area contributed by atoms with Crippen LogP contribution in [0.5, 0.6) is 5.75 Å². The van der Waals surface area contributed by atoms with Gasteiger partial charge in [-0.1, -0.05) is 6.92 Å². The number of aliphatic imine (C=N–C) groups is 1. The zero-order chi connectivity index (χ0) is 19.8. The molecule has 3 rings (SSSR count). The molecule has 0 bridgehead atoms. The minimum atomic E-state index is -3.92. The smallest absolute Gasteiger partial charge is 0.261 e. The van der Waals surface area contributed by atoms with Gasteiger partial charge in [0, 0.05) is 29.0 Å². The van der Waals surface area contributed by atoms with Crippen molar-refractivity contribution in [2.45, 2.75) is 44.9 Å². The predicted octanol–water partition coefficient (Wildman–Crippen LogP) is 3.40. The Morgan fingerprint density at radius 3 is 2.74 bits per heavy atom. The van der Waals surface area contributed by atoms with E-state index in [1.54, 1.807) is 0 Å². The third-order valence-corrected chi connectivity index (χ3v) is 5.67. The molecule has 0 saturated carbocycles. The number of anilines is 1. The van der Waals surface area contributed by atoms with Crippen LogP contribution >= 0.6 is 10.7 Å². The van der Waals surface area contributed by atoms with Crippen LogP contribution in [0.1, 0.15) is 43.2 Å². The van der Waals surface area contributed by atoms with Gasteiger partial charge in [-0.3, -0.25) is 0 Å². The van der Waals surface area contributed by atoms with Gasteiger partial charge in [-0.2, -0.15) is 0 Å². The van der Waals surface area contributed by atoms with Crippen molar-refractivity contribution in [3.8, 4) is 5.75 Å². The molecule has 2 aromatic rings. The SMILES string of the molecule is CCCn1cc(C)c2c1NC(c1cc(S(=O)(=O)Cl)ccc1OCC)=NC2O. The molecule has 1 unspecified atom stereocenters. The Balaban J connectivity index is 2.12. The Morgan fingerprint density at radius 1 is 1.37 bits per heavy atom. The number of hydrogen-bond donors (Lipinski definition) is 2. The van der Waals surface area contributed by atoms with E-state index >= 15 is 0 Å². The second kappa shape index (κ2) is 7.53. The lowest BCUT2D eigenvalue weighted by Gasteiger charge is -2.23. The molecule has 146 valence electrons. The number of aliphatic hydroxyl groups excluding tert-OH is 1. The number of aromatic nitrogens is 1. The topological polar surface area (TPSA) is 92.9 Å². The fourth-order valence-corrected chi connectivity index (χ4v) is 3.96. The van der Waals surface area contributed by atoms with Crippen molar-refractivity contribution in [1.29, 1.82) is 0 Å². The monoisotopic (exact) mass is 411 g/mol. The molecule has 0 radical (unpaired) electrons. The van der Waals surface area contributed by atoms with Crippen LogP contribution in [0.3, 0.4) is 0 Å². The Bertz CT molecular complexity index is 998. The summed E-state index contributed by atoms with van der Waals surface area (Å²) in [6.45, 7) is 6.99. The number of benzene rings is 1. The number of nitrogens with one attached hydrogen (secondary N) is 1. The maximum atomic E-state index is 11.8. The number of aliphatic hydroxyl groups is 1. The van der Waals surface area contributed by atoms with Gasteiger partial charge in [0.05, 0.1) is 17.1 Å². The average Bonchev–Trinajstić information content (AvgIpc) is 2.91. The van der Waals surface area contributed by atoms with E-state index < -0.39 is 15.3 Å². The van der Waals surface area contributed by atoms with E-state index in [4.69, 9.17) is 15.4 Å². The van der Waals surface area contributed by atoms with Crippen molar-refractivity contribution in [3.05, 3.63) is 41.1 Å². The highest BCUT2D eigenvalue weighted by Crippen LogP contribution is 2.36. The minimum Gasteiger partial charge on any atom is -0.493 e. The van der Waals surface area contributed by atoms with Gasteiger partial charge in [0.25, 0.3) is 9.05 Å². The van der Waals surface area contributed by atoms with Crippen LogP contribution in [0, 0.1) is 6.92 Å². The summed E-state index contributed by atoms with van der Waals surface area (Å²) in [5.41, 5.74) is 2.07. The van der Waals surface area contributed by atoms with Crippen molar-refractivity contribution >= 4 is 31.4 Å². The van der Waals surface area contributed by atoms with E-state index in [1.807, 2.05) is 24.6 Å². The zero-order valence-corrected chi connectivity index (χ0v) is 16.9. The predicted molar refractivity (Wildman–Crippen MR) is 105 cm³/mol. The molecular formula is C18H22ClN3O4S. The van der Waals surface area contributed by atoms with Crippen LogP contribution in [0.15, 0.2) is 34.3 Å². The van der Waals surface area contributed by atoms with Crippen LogP contribution < -0.4 is 10.1 Å². The fourth-order valence-electron chi connectivity index (χ4n) is 3.19. The molecule has 0 aliphatic carbocycles. The van der Waals surface area contributed by atoms with E-state index in [0.717, 1.165) is 24.3 Å². The van der Waals surface area contributed by atoms with Gasteiger partial charge in [-0.05, 0) is 44.0 Å². The van der Waals surface area contributed by atoms with Crippen LogP contribution in [0.4, 0.5) is 5.82 Å². The molecular weight excluding hydrogens is 390 g/mol. The third-order valence-electron chi connectivity index (χ3n) is 4.32. The zero-order valence-electron chi connectivity index (χ0n) is 15.4. The number of amidine groups is 1. The van der Waals surface area contributed by atoms with Crippen molar-refractivity contribution in [1.82, 2.24) is 4.57 Å². The minimum absolute atomic E-state index is 0.0625. The molecule has 9 heteroatoms. The van der Waals surface area contributed by atoms with Gasteiger partial charge in [-0.15, -0.1) is 0 Å². The molecule has 0 spiro atoms. The van der Waals surface area contributed by atoms with Gasteiger partial charge >= 0.3 is 0 Å². The Kier molecular flexibility index (Phi) is 5.50. The maximum Gasteiger partial charge on any atom is 0.261 e. The summed E-state index contributed by atoms with van der Waals surface area (Å²) in [6.07, 6.45) is 1.83. The maximum absolute atomic E-state index is 11.8. The fraction of sp³-hybridized carbons (Fsp3) is 0.389. The first-order valence-corrected chi connectivity index (χ1v) is 11.0. The first kappa shape index (κ1) is 19.7. The van der Waals surface area contributed by atoms with Crippen molar-refractivity contribution < 1.29 is 18.3 Å². The lowest BCUT2D eigenvalue weighted by atomic mass is 10.1. The van der Waals surface area contributed by atoms with Crippen LogP contribution in [0.2, 0.25) is 0 Å². The molecule has 7 nitrogen and oxygen atoms in total. The first-order chi connectivity index (χ1) is 12.8. The van der Waals surface area contributed by atoms with E-state index in [1.165, 1.54) is 18.2 Å². The highest BCUT2D eigenvalue weighted by molar-refractivity contribution is 8.13. The highest BCUT2D eigenvalue weighted by atomic mass is 35.7. The molecule has 1 atom stereocenters. The summed E-state index contributed by atoms with van der Waals surface area (Å²) in [6, 6.07) is 4.32. The van der Waals surface area contributed by atoms with Gasteiger partial charge in [0.2, 0.25) is 0 Å². The third kappa shape index (κ3) is 3.83. The molecule has 2 heterocycles. The van der Waals surface area contributed by atoms with E-state index in [-0.39, 0.29) is 4.90 Å². The lowest BCUT2D eigenvalue weighted by molar-refractivity contribution is 0.187. The van der Waals surface area contributed by atoms with E-state index in [2.05, 4.69) is 17.2 Å². The molecule has 0 fully saturated rings. The average molecular weight is 412 g/mol. The van der Waals surface area contributed by atoms with Crippen LogP contribution in [0.25, 0.3) is 0 Å². The standard InChI is InChI=1S/C18H22ClN3O4S/c1-4-8-22-10-11(3)15-17(22)20-16(21-18(15)23)13-9-12(27(19,24)25)6-7-14(13)26-5-2/h6-7,9-10,18,23H,4-5,8H2,1-3H3,(H,20,21). The van der Waals surface area contributed by atoms with Gasteiger partial charge in [-0.25, -0.2) is 13.4 Å².